The quantitative estimate of drug-likeness (QED) is 0.775. The molecule has 0 bridgehead atoms. The second-order valence-electron chi connectivity index (χ2n) is 6.33. The van der Waals surface area contributed by atoms with Crippen LogP contribution in [0.1, 0.15) is 52.9 Å². The predicted molar refractivity (Wildman–Crippen MR) is 72.9 cm³/mol. The first-order valence-corrected chi connectivity index (χ1v) is 7.00. The Kier molecular flexibility index (Phi) is 5.42. The number of hydrogen-bond acceptors (Lipinski definition) is 3. The summed E-state index contributed by atoms with van der Waals surface area (Å²) in [7, 11) is 2.19. The first-order chi connectivity index (χ1) is 7.85. The molecule has 0 aliphatic heterocycles. The third kappa shape index (κ3) is 4.57. The zero-order valence-electron chi connectivity index (χ0n) is 11.9. The summed E-state index contributed by atoms with van der Waals surface area (Å²) in [5.74, 6) is 0.891. The lowest BCUT2D eigenvalue weighted by Gasteiger charge is -2.39. The summed E-state index contributed by atoms with van der Waals surface area (Å²) in [5.41, 5.74) is 4.86. The Labute approximate surface area is 106 Å². The minimum atomic E-state index is -0.727. The van der Waals surface area contributed by atoms with Crippen molar-refractivity contribution in [2.75, 3.05) is 13.6 Å². The number of aliphatic hydroxyl groups is 1. The lowest BCUT2D eigenvalue weighted by atomic mass is 9.85. The Morgan fingerprint density at radius 2 is 1.88 bits per heavy atom. The molecule has 1 aliphatic rings. The van der Waals surface area contributed by atoms with Crippen LogP contribution in [0.25, 0.3) is 0 Å². The van der Waals surface area contributed by atoms with Gasteiger partial charge in [-0.2, -0.15) is 0 Å². The number of rotatable bonds is 5. The van der Waals surface area contributed by atoms with E-state index in [1.54, 1.807) is 0 Å². The molecule has 3 heteroatoms. The van der Waals surface area contributed by atoms with Crippen molar-refractivity contribution in [3.05, 3.63) is 0 Å². The molecule has 0 aromatic carbocycles. The normalized spacial score (nSPS) is 31.2. The average molecular weight is 242 g/mol. The summed E-state index contributed by atoms with van der Waals surface area (Å²) < 4.78 is 0. The molecule has 0 heterocycles. The maximum Gasteiger partial charge on any atom is 0.0756 e. The van der Waals surface area contributed by atoms with Crippen molar-refractivity contribution in [3.63, 3.8) is 0 Å². The Balaban J connectivity index is 2.43. The molecule has 0 aromatic heterocycles. The van der Waals surface area contributed by atoms with Crippen LogP contribution in [0, 0.1) is 5.92 Å². The summed E-state index contributed by atoms with van der Waals surface area (Å²) in [4.78, 5) is 2.44. The van der Waals surface area contributed by atoms with Crippen molar-refractivity contribution in [2.45, 2.75) is 70.6 Å². The monoisotopic (exact) mass is 242 g/mol. The number of nitrogens with two attached hydrogens (primary N) is 1. The molecule has 1 saturated carbocycles. The molecule has 17 heavy (non-hydrogen) atoms. The molecule has 0 aromatic rings. The van der Waals surface area contributed by atoms with Crippen LogP contribution in [0.4, 0.5) is 0 Å². The van der Waals surface area contributed by atoms with Crippen molar-refractivity contribution in [3.8, 4) is 0 Å². The molecule has 1 rings (SSSR count). The highest BCUT2D eigenvalue weighted by Gasteiger charge is 2.28. The Hall–Kier alpha value is -0.120. The van der Waals surface area contributed by atoms with Crippen molar-refractivity contribution >= 4 is 0 Å². The fourth-order valence-electron chi connectivity index (χ4n) is 2.87. The topological polar surface area (TPSA) is 49.5 Å². The second-order valence-corrected chi connectivity index (χ2v) is 6.33. The molecule has 1 fully saturated rings. The molecule has 3 nitrogen and oxygen atoms in total. The molecule has 0 amide bonds. The molecule has 2 atom stereocenters. The molecule has 102 valence electrons. The maximum atomic E-state index is 10.0. The van der Waals surface area contributed by atoms with Gasteiger partial charge >= 0.3 is 0 Å². The zero-order chi connectivity index (χ0) is 13.1. The summed E-state index contributed by atoms with van der Waals surface area (Å²) in [5, 5.41) is 10.0. The van der Waals surface area contributed by atoms with Gasteiger partial charge in [-0.25, -0.2) is 0 Å². The van der Waals surface area contributed by atoms with Gasteiger partial charge in [-0.15, -0.1) is 0 Å². The van der Waals surface area contributed by atoms with Gasteiger partial charge < -0.3 is 15.7 Å². The maximum absolute atomic E-state index is 10.0. The molecular formula is C14H30N2O. The summed E-state index contributed by atoms with van der Waals surface area (Å²) >= 11 is 0. The molecule has 1 aliphatic carbocycles. The van der Waals surface area contributed by atoms with Gasteiger partial charge in [-0.3, -0.25) is 0 Å². The lowest BCUT2D eigenvalue weighted by Crippen LogP contribution is -2.46. The van der Waals surface area contributed by atoms with Gasteiger partial charge in [0.25, 0.3) is 0 Å². The minimum Gasteiger partial charge on any atom is -0.389 e. The van der Waals surface area contributed by atoms with E-state index in [9.17, 15) is 5.11 Å². The van der Waals surface area contributed by atoms with Crippen LogP contribution in [0.2, 0.25) is 0 Å². The molecule has 3 N–H and O–H groups in total. The SMILES string of the molecule is CC1CCC(N(C)C(C)CC(C)(O)CN)CC1. The van der Waals surface area contributed by atoms with E-state index >= 15 is 0 Å². The van der Waals surface area contributed by atoms with E-state index in [4.69, 9.17) is 5.73 Å². The van der Waals surface area contributed by atoms with E-state index in [-0.39, 0.29) is 0 Å². The minimum absolute atomic E-state index is 0.340. The Morgan fingerprint density at radius 3 is 2.35 bits per heavy atom. The lowest BCUT2D eigenvalue weighted by molar-refractivity contribution is 0.0199. The number of nitrogens with zero attached hydrogens (tertiary/aromatic N) is 1. The highest BCUT2D eigenvalue weighted by atomic mass is 16.3. The molecule has 0 saturated heterocycles. The second kappa shape index (κ2) is 6.17. The van der Waals surface area contributed by atoms with Gasteiger partial charge in [0.15, 0.2) is 0 Å². The van der Waals surface area contributed by atoms with Gasteiger partial charge in [0.1, 0.15) is 0 Å². The summed E-state index contributed by atoms with van der Waals surface area (Å²) in [6.45, 7) is 6.72. The van der Waals surface area contributed by atoms with Crippen molar-refractivity contribution in [2.24, 2.45) is 11.7 Å². The van der Waals surface area contributed by atoms with Crippen molar-refractivity contribution in [1.29, 1.82) is 0 Å². The summed E-state index contributed by atoms with van der Waals surface area (Å²) in [6.07, 6.45) is 6.04. The third-order valence-electron chi connectivity index (χ3n) is 4.43. The van der Waals surface area contributed by atoms with Crippen LogP contribution in [0.15, 0.2) is 0 Å². The largest absolute Gasteiger partial charge is 0.389 e. The summed E-state index contributed by atoms with van der Waals surface area (Å²) in [6, 6.07) is 1.08. The van der Waals surface area contributed by atoms with E-state index in [0.29, 0.717) is 18.6 Å². The van der Waals surface area contributed by atoms with Gasteiger partial charge in [-0.1, -0.05) is 6.92 Å². The van der Waals surface area contributed by atoms with Gasteiger partial charge in [0, 0.05) is 18.6 Å². The van der Waals surface area contributed by atoms with E-state index < -0.39 is 5.60 Å². The molecule has 0 spiro atoms. The first kappa shape index (κ1) is 14.9. The van der Waals surface area contributed by atoms with Crippen LogP contribution in [-0.2, 0) is 0 Å². The fraction of sp³-hybridized carbons (Fsp3) is 1.00. The number of hydrogen-bond donors (Lipinski definition) is 2. The van der Waals surface area contributed by atoms with E-state index in [2.05, 4.69) is 25.8 Å². The smallest absolute Gasteiger partial charge is 0.0756 e. The van der Waals surface area contributed by atoms with Gasteiger partial charge in [0.05, 0.1) is 5.60 Å². The zero-order valence-corrected chi connectivity index (χ0v) is 11.9. The molecular weight excluding hydrogens is 212 g/mol. The van der Waals surface area contributed by atoms with Crippen LogP contribution in [0.5, 0.6) is 0 Å². The van der Waals surface area contributed by atoms with Gasteiger partial charge in [0.2, 0.25) is 0 Å². The van der Waals surface area contributed by atoms with Crippen molar-refractivity contribution in [1.82, 2.24) is 4.90 Å². The standard InChI is InChI=1S/C14H30N2O/c1-11-5-7-13(8-6-11)16(4)12(2)9-14(3,17)10-15/h11-13,17H,5-10,15H2,1-4H3. The Bertz CT molecular complexity index is 222. The average Bonchev–Trinajstić information content (AvgIpc) is 2.28. The van der Waals surface area contributed by atoms with Crippen LogP contribution < -0.4 is 5.73 Å². The van der Waals surface area contributed by atoms with E-state index in [1.807, 2.05) is 6.92 Å². The van der Waals surface area contributed by atoms with E-state index in [0.717, 1.165) is 12.3 Å². The first-order valence-electron chi connectivity index (χ1n) is 7.00. The third-order valence-corrected chi connectivity index (χ3v) is 4.43. The van der Waals surface area contributed by atoms with Crippen LogP contribution >= 0.6 is 0 Å². The predicted octanol–water partition coefficient (Wildman–Crippen LogP) is 1.99. The highest BCUT2D eigenvalue weighted by Crippen LogP contribution is 2.28. The van der Waals surface area contributed by atoms with Crippen molar-refractivity contribution < 1.29 is 5.11 Å². The van der Waals surface area contributed by atoms with Gasteiger partial charge in [-0.05, 0) is 58.9 Å². The highest BCUT2D eigenvalue weighted by molar-refractivity contribution is 4.84. The van der Waals surface area contributed by atoms with Crippen LogP contribution in [-0.4, -0.2) is 41.3 Å². The van der Waals surface area contributed by atoms with E-state index in [1.165, 1.54) is 25.7 Å². The molecule has 0 radical (unpaired) electrons. The Morgan fingerprint density at radius 1 is 1.35 bits per heavy atom. The fourth-order valence-corrected chi connectivity index (χ4v) is 2.87. The molecule has 2 unspecified atom stereocenters. The van der Waals surface area contributed by atoms with Crippen LogP contribution in [0.3, 0.4) is 0 Å².